The van der Waals surface area contributed by atoms with Gasteiger partial charge in [-0.05, 0) is 6.07 Å². The lowest BCUT2D eigenvalue weighted by molar-refractivity contribution is 0.675. The number of pyridine rings is 1. The Morgan fingerprint density at radius 1 is 1.56 bits per heavy atom. The van der Waals surface area contributed by atoms with Crippen LogP contribution in [0.1, 0.15) is 5.82 Å². The van der Waals surface area contributed by atoms with Gasteiger partial charge in [-0.15, -0.1) is 0 Å². The summed E-state index contributed by atoms with van der Waals surface area (Å²) in [5, 5.41) is 3.91. The zero-order valence-electron chi connectivity index (χ0n) is 8.70. The van der Waals surface area contributed by atoms with E-state index in [2.05, 4.69) is 15.1 Å². The molecule has 0 aliphatic rings. The van der Waals surface area contributed by atoms with E-state index >= 15 is 0 Å². The predicted octanol–water partition coefficient (Wildman–Crippen LogP) is 0.100. The molecule has 0 aromatic carbocycles. The normalized spacial score (nSPS) is 12.6. The number of aryl methyl sites for hydroxylation is 1. The van der Waals surface area contributed by atoms with Gasteiger partial charge in [-0.2, -0.15) is 5.10 Å². The lowest BCUT2D eigenvalue weighted by Gasteiger charge is -2.04. The van der Waals surface area contributed by atoms with Gasteiger partial charge in [-0.1, -0.05) is 0 Å². The van der Waals surface area contributed by atoms with Crippen LogP contribution in [-0.2, 0) is 23.6 Å². The van der Waals surface area contributed by atoms with Crippen LogP contribution in [0, 0.1) is 0 Å². The molecule has 2 aromatic heterocycles. The smallest absolute Gasteiger partial charge is 0.139 e. The molecule has 1 atom stereocenters. The SMILES string of the molecule is Cn1ncnc1CS(=O)c1ccncc1N. The molecule has 0 saturated carbocycles. The molecule has 2 heterocycles. The molecule has 0 bridgehead atoms. The molecule has 0 amide bonds. The van der Waals surface area contributed by atoms with Crippen LogP contribution in [0.5, 0.6) is 0 Å². The molecule has 2 N–H and O–H groups in total. The lowest BCUT2D eigenvalue weighted by Crippen LogP contribution is -2.06. The molecular formula is C9H11N5OS. The summed E-state index contributed by atoms with van der Waals surface area (Å²) in [6.07, 6.45) is 4.49. The molecule has 2 rings (SSSR count). The van der Waals surface area contributed by atoms with Crippen LogP contribution in [0.25, 0.3) is 0 Å². The van der Waals surface area contributed by atoms with Crippen molar-refractivity contribution in [1.82, 2.24) is 19.7 Å². The van der Waals surface area contributed by atoms with E-state index in [1.807, 2.05) is 0 Å². The van der Waals surface area contributed by atoms with Gasteiger partial charge in [-0.3, -0.25) is 13.9 Å². The average molecular weight is 237 g/mol. The van der Waals surface area contributed by atoms with Gasteiger partial charge >= 0.3 is 0 Å². The van der Waals surface area contributed by atoms with Crippen molar-refractivity contribution in [1.29, 1.82) is 0 Å². The highest BCUT2D eigenvalue weighted by Gasteiger charge is 2.11. The number of hydrogen-bond acceptors (Lipinski definition) is 5. The van der Waals surface area contributed by atoms with Crippen LogP contribution in [0.4, 0.5) is 5.69 Å². The highest BCUT2D eigenvalue weighted by Crippen LogP contribution is 2.16. The van der Waals surface area contributed by atoms with Gasteiger partial charge in [0.1, 0.15) is 12.2 Å². The van der Waals surface area contributed by atoms with E-state index in [0.717, 1.165) is 0 Å². The summed E-state index contributed by atoms with van der Waals surface area (Å²) in [4.78, 5) is 8.44. The predicted molar refractivity (Wildman–Crippen MR) is 59.8 cm³/mol. The molecule has 2 aromatic rings. The minimum atomic E-state index is -1.22. The van der Waals surface area contributed by atoms with Crippen molar-refractivity contribution in [3.8, 4) is 0 Å². The number of anilines is 1. The van der Waals surface area contributed by atoms with E-state index in [9.17, 15) is 4.21 Å². The Kier molecular flexibility index (Phi) is 2.95. The molecule has 0 aliphatic heterocycles. The quantitative estimate of drug-likeness (QED) is 0.818. The topological polar surface area (TPSA) is 86.7 Å². The van der Waals surface area contributed by atoms with Crippen LogP contribution in [-0.4, -0.2) is 24.0 Å². The number of aromatic nitrogens is 4. The van der Waals surface area contributed by atoms with Crippen molar-refractivity contribution >= 4 is 16.5 Å². The monoisotopic (exact) mass is 237 g/mol. The molecule has 0 aliphatic carbocycles. The number of nitrogens with two attached hydrogens (primary N) is 1. The third-order valence-corrected chi connectivity index (χ3v) is 3.50. The third-order valence-electron chi connectivity index (χ3n) is 2.12. The van der Waals surface area contributed by atoms with Crippen LogP contribution in [0.15, 0.2) is 29.7 Å². The van der Waals surface area contributed by atoms with Gasteiger partial charge in [0.05, 0.1) is 33.3 Å². The van der Waals surface area contributed by atoms with Crippen LogP contribution < -0.4 is 5.73 Å². The summed E-state index contributed by atoms with van der Waals surface area (Å²) in [5.74, 6) is 0.958. The van der Waals surface area contributed by atoms with Crippen molar-refractivity contribution in [2.24, 2.45) is 7.05 Å². The maximum atomic E-state index is 12.0. The molecule has 0 spiro atoms. The van der Waals surface area contributed by atoms with Crippen molar-refractivity contribution in [3.63, 3.8) is 0 Å². The minimum absolute atomic E-state index is 0.296. The van der Waals surface area contributed by atoms with E-state index in [0.29, 0.717) is 22.2 Å². The highest BCUT2D eigenvalue weighted by molar-refractivity contribution is 7.84. The van der Waals surface area contributed by atoms with Gasteiger partial charge in [0, 0.05) is 13.2 Å². The second-order valence-electron chi connectivity index (χ2n) is 3.20. The first-order valence-electron chi connectivity index (χ1n) is 4.59. The van der Waals surface area contributed by atoms with E-state index in [1.165, 1.54) is 12.5 Å². The molecule has 16 heavy (non-hydrogen) atoms. The summed E-state index contributed by atoms with van der Waals surface area (Å²) in [5.41, 5.74) is 6.12. The summed E-state index contributed by atoms with van der Waals surface area (Å²) >= 11 is 0. The number of nitrogens with zero attached hydrogens (tertiary/aromatic N) is 4. The second kappa shape index (κ2) is 4.40. The van der Waals surface area contributed by atoms with Gasteiger partial charge in [0.15, 0.2) is 0 Å². The fourth-order valence-electron chi connectivity index (χ4n) is 1.25. The zero-order valence-corrected chi connectivity index (χ0v) is 9.52. The lowest BCUT2D eigenvalue weighted by atomic mass is 10.4. The number of rotatable bonds is 3. The highest BCUT2D eigenvalue weighted by atomic mass is 32.2. The molecular weight excluding hydrogens is 226 g/mol. The summed E-state index contributed by atoms with van der Waals surface area (Å²) in [6, 6.07) is 1.65. The Hall–Kier alpha value is -1.76. The van der Waals surface area contributed by atoms with Crippen molar-refractivity contribution < 1.29 is 4.21 Å². The zero-order chi connectivity index (χ0) is 11.5. The van der Waals surface area contributed by atoms with Gasteiger partial charge < -0.3 is 5.73 Å². The largest absolute Gasteiger partial charge is 0.396 e. The maximum Gasteiger partial charge on any atom is 0.139 e. The van der Waals surface area contributed by atoms with E-state index < -0.39 is 10.8 Å². The standard InChI is InChI=1S/C9H11N5OS/c1-14-9(12-6-13-14)5-16(15)8-2-3-11-4-7(8)10/h2-4,6H,5,10H2,1H3. The van der Waals surface area contributed by atoms with E-state index in [-0.39, 0.29) is 0 Å². The van der Waals surface area contributed by atoms with Crippen LogP contribution in [0.3, 0.4) is 0 Å². The van der Waals surface area contributed by atoms with Crippen molar-refractivity contribution in [2.75, 3.05) is 5.73 Å². The number of hydrogen-bond donors (Lipinski definition) is 1. The van der Waals surface area contributed by atoms with E-state index in [4.69, 9.17) is 5.73 Å². The first kappa shape index (κ1) is 10.7. The summed E-state index contributed by atoms with van der Waals surface area (Å²) in [6.45, 7) is 0. The van der Waals surface area contributed by atoms with Gasteiger partial charge in [0.25, 0.3) is 0 Å². The van der Waals surface area contributed by atoms with Crippen molar-refractivity contribution in [2.45, 2.75) is 10.6 Å². The third kappa shape index (κ3) is 2.08. The second-order valence-corrected chi connectivity index (χ2v) is 4.62. The molecule has 84 valence electrons. The van der Waals surface area contributed by atoms with Crippen LogP contribution >= 0.6 is 0 Å². The Balaban J connectivity index is 2.22. The minimum Gasteiger partial charge on any atom is -0.396 e. The fourth-order valence-corrected chi connectivity index (χ4v) is 2.43. The number of nitrogen functional groups attached to an aromatic ring is 1. The van der Waals surface area contributed by atoms with Crippen LogP contribution in [0.2, 0.25) is 0 Å². The maximum absolute atomic E-state index is 12.0. The average Bonchev–Trinajstić information content (AvgIpc) is 2.65. The summed E-state index contributed by atoms with van der Waals surface area (Å²) < 4.78 is 13.6. The molecule has 7 heteroatoms. The Morgan fingerprint density at radius 3 is 3.00 bits per heavy atom. The molecule has 1 unspecified atom stereocenters. The molecule has 0 saturated heterocycles. The molecule has 6 nitrogen and oxygen atoms in total. The van der Waals surface area contributed by atoms with E-state index in [1.54, 1.807) is 24.0 Å². The Bertz CT molecular complexity index is 524. The first-order valence-corrected chi connectivity index (χ1v) is 5.91. The summed E-state index contributed by atoms with van der Waals surface area (Å²) in [7, 11) is 0.536. The van der Waals surface area contributed by atoms with Gasteiger partial charge in [-0.25, -0.2) is 4.98 Å². The molecule has 0 radical (unpaired) electrons. The fraction of sp³-hybridized carbons (Fsp3) is 0.222. The Labute approximate surface area is 95.0 Å². The first-order chi connectivity index (χ1) is 7.68. The van der Waals surface area contributed by atoms with Crippen molar-refractivity contribution in [3.05, 3.63) is 30.6 Å². The Morgan fingerprint density at radius 2 is 2.38 bits per heavy atom. The molecule has 0 fully saturated rings. The van der Waals surface area contributed by atoms with Gasteiger partial charge in [0.2, 0.25) is 0 Å².